The van der Waals surface area contributed by atoms with Gasteiger partial charge in [-0.2, -0.15) is 0 Å². The second-order valence-corrected chi connectivity index (χ2v) is 11.9. The molecule has 0 aromatic carbocycles. The van der Waals surface area contributed by atoms with Crippen LogP contribution < -0.4 is 4.90 Å². The maximum Gasteiger partial charge on any atom is 0.348 e. The molecule has 1 saturated carbocycles. The quantitative estimate of drug-likeness (QED) is 0.599. The number of thiophene rings is 1. The Hall–Kier alpha value is -2.41. The molecule has 1 N–H and O–H groups in total. The molecule has 3 heterocycles. The van der Waals surface area contributed by atoms with Gasteiger partial charge in [-0.05, 0) is 45.6 Å². The molecule has 4 rings (SSSR count). The zero-order chi connectivity index (χ0) is 25.9. The minimum Gasteiger partial charge on any atom is -0.477 e. The van der Waals surface area contributed by atoms with Gasteiger partial charge in [0.15, 0.2) is 0 Å². The van der Waals surface area contributed by atoms with Crippen molar-refractivity contribution in [2.75, 3.05) is 37.8 Å². The standard InChI is InChI=1S/C27H36N2O6S/c1-27(2,3)10-9-19-15-20(24(36-19)26(32)33)29-21(18-7-5-4-6-8-18)17-35-22(25(29)31)16-23(30)28-11-13-34-14-12-28/h15,18,21-22H,4-8,11-14,16-17H2,1-3H3,(H,32,33)/t21?,22-/m1/s1. The van der Waals surface area contributed by atoms with Crippen molar-refractivity contribution in [1.29, 1.82) is 0 Å². The van der Waals surface area contributed by atoms with Crippen molar-refractivity contribution in [1.82, 2.24) is 4.90 Å². The van der Waals surface area contributed by atoms with Crippen LogP contribution in [0, 0.1) is 23.2 Å². The minimum absolute atomic E-state index is 0.0596. The Morgan fingerprint density at radius 1 is 1.17 bits per heavy atom. The number of amides is 2. The zero-order valence-electron chi connectivity index (χ0n) is 21.4. The van der Waals surface area contributed by atoms with E-state index in [1.807, 2.05) is 20.8 Å². The number of carbonyl (C=O) groups excluding carboxylic acids is 2. The second kappa shape index (κ2) is 11.3. The van der Waals surface area contributed by atoms with Gasteiger partial charge in [0.05, 0.1) is 42.8 Å². The summed E-state index contributed by atoms with van der Waals surface area (Å²) in [6.07, 6.45) is 4.28. The molecule has 1 unspecified atom stereocenters. The Morgan fingerprint density at radius 3 is 2.50 bits per heavy atom. The Labute approximate surface area is 216 Å². The van der Waals surface area contributed by atoms with E-state index in [0.717, 1.165) is 37.0 Å². The van der Waals surface area contributed by atoms with Crippen molar-refractivity contribution >= 4 is 34.8 Å². The van der Waals surface area contributed by atoms with Gasteiger partial charge in [-0.25, -0.2) is 4.79 Å². The molecule has 3 aliphatic rings. The first-order valence-electron chi connectivity index (χ1n) is 12.8. The third-order valence-corrected chi connectivity index (χ3v) is 7.99. The molecule has 3 fully saturated rings. The Balaban J connectivity index is 1.66. The molecular weight excluding hydrogens is 480 g/mol. The number of anilines is 1. The summed E-state index contributed by atoms with van der Waals surface area (Å²) in [5.74, 6) is 4.92. The SMILES string of the molecule is CC(C)(C)C#Cc1cc(N2C(=O)[C@@H](CC(=O)N3CCOCC3)OCC2C2CCCCC2)c(C(=O)O)s1. The largest absolute Gasteiger partial charge is 0.477 e. The monoisotopic (exact) mass is 516 g/mol. The van der Waals surface area contributed by atoms with Crippen LogP contribution in [-0.2, 0) is 19.1 Å². The molecule has 1 aromatic heterocycles. The van der Waals surface area contributed by atoms with E-state index < -0.39 is 12.1 Å². The summed E-state index contributed by atoms with van der Waals surface area (Å²) in [6, 6.07) is 1.47. The fraction of sp³-hybridized carbons (Fsp3) is 0.667. The summed E-state index contributed by atoms with van der Waals surface area (Å²) in [4.78, 5) is 43.1. The molecule has 2 atom stereocenters. The number of ether oxygens (including phenoxy) is 2. The van der Waals surface area contributed by atoms with Crippen LogP contribution in [0.1, 0.15) is 73.8 Å². The molecule has 196 valence electrons. The molecule has 36 heavy (non-hydrogen) atoms. The van der Waals surface area contributed by atoms with Gasteiger partial charge in [0, 0.05) is 18.5 Å². The molecule has 0 radical (unpaired) electrons. The van der Waals surface area contributed by atoms with Gasteiger partial charge in [-0.1, -0.05) is 31.1 Å². The Bertz CT molecular complexity index is 1040. The van der Waals surface area contributed by atoms with Crippen LogP contribution in [0.2, 0.25) is 0 Å². The molecule has 2 aliphatic heterocycles. The summed E-state index contributed by atoms with van der Waals surface area (Å²) in [5, 5.41) is 10.0. The number of carboxylic acid groups (broad SMARTS) is 1. The predicted octanol–water partition coefficient (Wildman–Crippen LogP) is 3.77. The lowest BCUT2D eigenvalue weighted by Gasteiger charge is -2.44. The van der Waals surface area contributed by atoms with Gasteiger partial charge in [0.25, 0.3) is 5.91 Å². The molecule has 9 heteroatoms. The summed E-state index contributed by atoms with van der Waals surface area (Å²) in [5.41, 5.74) is 0.135. The third-order valence-electron chi connectivity index (χ3n) is 6.96. The van der Waals surface area contributed by atoms with Crippen molar-refractivity contribution < 1.29 is 29.0 Å². The van der Waals surface area contributed by atoms with Crippen molar-refractivity contribution in [2.24, 2.45) is 11.3 Å². The third kappa shape index (κ3) is 6.28. The number of rotatable bonds is 5. The normalized spacial score (nSPS) is 23.8. The van der Waals surface area contributed by atoms with Crippen LogP contribution in [0.15, 0.2) is 6.07 Å². The van der Waals surface area contributed by atoms with E-state index in [2.05, 4.69) is 11.8 Å². The van der Waals surface area contributed by atoms with E-state index in [-0.39, 0.29) is 47.1 Å². The lowest BCUT2D eigenvalue weighted by atomic mass is 9.82. The van der Waals surface area contributed by atoms with Gasteiger partial charge in [-0.15, -0.1) is 11.3 Å². The number of aromatic carboxylic acids is 1. The van der Waals surface area contributed by atoms with E-state index in [4.69, 9.17) is 9.47 Å². The summed E-state index contributed by atoms with van der Waals surface area (Å²) < 4.78 is 11.4. The first-order chi connectivity index (χ1) is 17.1. The van der Waals surface area contributed by atoms with Crippen molar-refractivity contribution in [2.45, 2.75) is 71.4 Å². The number of nitrogens with zero attached hydrogens (tertiary/aromatic N) is 2. The highest BCUT2D eigenvalue weighted by Gasteiger charge is 2.44. The lowest BCUT2D eigenvalue weighted by molar-refractivity contribution is -0.148. The van der Waals surface area contributed by atoms with E-state index in [9.17, 15) is 19.5 Å². The fourth-order valence-electron chi connectivity index (χ4n) is 5.11. The number of hydrogen-bond donors (Lipinski definition) is 1. The maximum atomic E-state index is 13.9. The highest BCUT2D eigenvalue weighted by atomic mass is 32.1. The van der Waals surface area contributed by atoms with E-state index in [1.165, 1.54) is 6.42 Å². The van der Waals surface area contributed by atoms with Crippen molar-refractivity contribution in [3.63, 3.8) is 0 Å². The zero-order valence-corrected chi connectivity index (χ0v) is 22.2. The van der Waals surface area contributed by atoms with Crippen LogP contribution in [0.4, 0.5) is 5.69 Å². The number of carboxylic acids is 1. The smallest absolute Gasteiger partial charge is 0.348 e. The Morgan fingerprint density at radius 2 is 1.86 bits per heavy atom. The molecule has 2 saturated heterocycles. The average Bonchev–Trinajstić information content (AvgIpc) is 3.29. The van der Waals surface area contributed by atoms with Crippen LogP contribution in [0.25, 0.3) is 0 Å². The highest BCUT2D eigenvalue weighted by Crippen LogP contribution is 2.39. The lowest BCUT2D eigenvalue weighted by Crippen LogP contribution is -2.58. The van der Waals surface area contributed by atoms with Crippen LogP contribution in [0.5, 0.6) is 0 Å². The molecular formula is C27H36N2O6S. The topological polar surface area (TPSA) is 96.4 Å². The second-order valence-electron chi connectivity index (χ2n) is 10.8. The van der Waals surface area contributed by atoms with Crippen molar-refractivity contribution in [3.8, 4) is 11.8 Å². The first kappa shape index (κ1) is 26.6. The van der Waals surface area contributed by atoms with E-state index >= 15 is 0 Å². The molecule has 8 nitrogen and oxygen atoms in total. The molecule has 0 spiro atoms. The van der Waals surface area contributed by atoms with E-state index in [1.54, 1.807) is 15.9 Å². The first-order valence-corrected chi connectivity index (χ1v) is 13.7. The van der Waals surface area contributed by atoms with Crippen LogP contribution in [0.3, 0.4) is 0 Å². The number of hydrogen-bond acceptors (Lipinski definition) is 6. The molecule has 0 bridgehead atoms. The summed E-state index contributed by atoms with van der Waals surface area (Å²) in [7, 11) is 0. The number of carbonyl (C=O) groups is 3. The predicted molar refractivity (Wildman–Crippen MR) is 137 cm³/mol. The highest BCUT2D eigenvalue weighted by molar-refractivity contribution is 7.15. The summed E-state index contributed by atoms with van der Waals surface area (Å²) >= 11 is 1.09. The van der Waals surface area contributed by atoms with Gasteiger partial charge in [0.2, 0.25) is 5.91 Å². The molecule has 1 aromatic rings. The number of morpholine rings is 2. The maximum absolute atomic E-state index is 13.9. The van der Waals surface area contributed by atoms with Crippen molar-refractivity contribution in [3.05, 3.63) is 15.8 Å². The Kier molecular flexibility index (Phi) is 8.38. The molecule has 2 amide bonds. The van der Waals surface area contributed by atoms with Gasteiger partial charge in [0.1, 0.15) is 11.0 Å². The van der Waals surface area contributed by atoms with Gasteiger partial charge in [-0.3, -0.25) is 9.59 Å². The average molecular weight is 517 g/mol. The molecule has 1 aliphatic carbocycles. The van der Waals surface area contributed by atoms with E-state index in [0.29, 0.717) is 36.9 Å². The summed E-state index contributed by atoms with van der Waals surface area (Å²) in [6.45, 7) is 8.23. The van der Waals surface area contributed by atoms with Crippen LogP contribution >= 0.6 is 11.3 Å². The fourth-order valence-corrected chi connectivity index (χ4v) is 5.95. The van der Waals surface area contributed by atoms with Gasteiger partial charge >= 0.3 is 5.97 Å². The minimum atomic E-state index is -1.08. The van der Waals surface area contributed by atoms with Gasteiger partial charge < -0.3 is 24.4 Å². The van der Waals surface area contributed by atoms with Crippen LogP contribution in [-0.4, -0.2) is 72.8 Å².